The minimum Gasteiger partial charge on any atom is -0.373 e. The molecule has 1 saturated carbocycles. The summed E-state index contributed by atoms with van der Waals surface area (Å²) < 4.78 is 8.17. The quantitative estimate of drug-likeness (QED) is 0.870. The highest BCUT2D eigenvalue weighted by molar-refractivity contribution is 5.16. The van der Waals surface area contributed by atoms with Gasteiger partial charge in [0, 0.05) is 24.9 Å². The summed E-state index contributed by atoms with van der Waals surface area (Å²) in [6, 6.07) is -0.0841. The lowest BCUT2D eigenvalue weighted by atomic mass is 9.68. The maximum Gasteiger partial charge on any atom is 0.0875 e. The molecule has 120 valence electrons. The number of hydrogen-bond acceptors (Lipinski definition) is 3. The minimum absolute atomic E-state index is 0.0841. The average molecular weight is 293 g/mol. The van der Waals surface area contributed by atoms with Crippen LogP contribution in [0, 0.1) is 5.41 Å². The molecule has 1 atom stereocenters. The first-order valence-corrected chi connectivity index (χ1v) is 8.34. The van der Waals surface area contributed by atoms with Gasteiger partial charge in [0.25, 0.3) is 0 Å². The molecule has 0 radical (unpaired) electrons. The van der Waals surface area contributed by atoms with Crippen LogP contribution < -0.4 is 5.73 Å². The molecule has 0 saturated heterocycles. The topological polar surface area (TPSA) is 53.1 Å². The summed E-state index contributed by atoms with van der Waals surface area (Å²) in [5.41, 5.74) is 7.91. The molecule has 0 amide bonds. The van der Waals surface area contributed by atoms with Gasteiger partial charge < -0.3 is 10.5 Å². The van der Waals surface area contributed by atoms with Crippen molar-refractivity contribution in [3.8, 4) is 0 Å². The fourth-order valence-electron chi connectivity index (χ4n) is 3.38. The molecule has 1 heterocycles. The van der Waals surface area contributed by atoms with Crippen molar-refractivity contribution in [1.82, 2.24) is 9.78 Å². The monoisotopic (exact) mass is 293 g/mol. The van der Waals surface area contributed by atoms with Crippen LogP contribution in [0.4, 0.5) is 0 Å². The third kappa shape index (κ3) is 3.67. The van der Waals surface area contributed by atoms with Crippen LogP contribution in [0.3, 0.4) is 0 Å². The Labute approximate surface area is 129 Å². The van der Waals surface area contributed by atoms with E-state index in [1.54, 1.807) is 0 Å². The number of aryl methyl sites for hydroxylation is 1. The largest absolute Gasteiger partial charge is 0.373 e. The Balaban J connectivity index is 2.16. The first-order chi connectivity index (χ1) is 9.92. The van der Waals surface area contributed by atoms with Gasteiger partial charge in [-0.05, 0) is 44.4 Å². The van der Waals surface area contributed by atoms with Gasteiger partial charge in [-0.3, -0.25) is 4.68 Å². The van der Waals surface area contributed by atoms with Crippen molar-refractivity contribution in [1.29, 1.82) is 0 Å². The molecule has 0 aliphatic heterocycles. The van der Waals surface area contributed by atoms with Crippen LogP contribution in [-0.2, 0) is 11.3 Å². The number of nitrogens with two attached hydrogens (primary N) is 1. The molecule has 21 heavy (non-hydrogen) atoms. The Bertz CT molecular complexity index is 443. The van der Waals surface area contributed by atoms with E-state index in [9.17, 15) is 0 Å². The third-order valence-corrected chi connectivity index (χ3v) is 4.91. The Morgan fingerprint density at radius 1 is 1.29 bits per heavy atom. The fourth-order valence-corrected chi connectivity index (χ4v) is 3.38. The van der Waals surface area contributed by atoms with Crippen molar-refractivity contribution in [3.05, 3.63) is 18.0 Å². The third-order valence-electron chi connectivity index (χ3n) is 4.91. The summed E-state index contributed by atoms with van der Waals surface area (Å²) in [4.78, 5) is 0. The van der Waals surface area contributed by atoms with Crippen LogP contribution in [-0.4, -0.2) is 22.0 Å². The summed E-state index contributed by atoms with van der Waals surface area (Å²) >= 11 is 0. The molecule has 2 N–H and O–H groups in total. The van der Waals surface area contributed by atoms with Gasteiger partial charge in [0.05, 0.1) is 17.8 Å². The van der Waals surface area contributed by atoms with Gasteiger partial charge in [-0.25, -0.2) is 0 Å². The van der Waals surface area contributed by atoms with Gasteiger partial charge in [-0.2, -0.15) is 5.10 Å². The highest BCUT2D eigenvalue weighted by Gasteiger charge is 2.44. The maximum absolute atomic E-state index is 6.61. The molecule has 4 nitrogen and oxygen atoms in total. The fraction of sp³-hybridized carbons (Fsp3) is 0.824. The first-order valence-electron chi connectivity index (χ1n) is 8.34. The molecule has 1 aliphatic rings. The number of hydrogen-bond donors (Lipinski definition) is 1. The van der Waals surface area contributed by atoms with E-state index in [-0.39, 0.29) is 11.6 Å². The van der Waals surface area contributed by atoms with Crippen LogP contribution in [0.1, 0.15) is 71.4 Å². The van der Waals surface area contributed by atoms with Crippen molar-refractivity contribution in [2.24, 2.45) is 11.1 Å². The van der Waals surface area contributed by atoms with E-state index >= 15 is 0 Å². The normalized spacial score (nSPS) is 22.1. The zero-order valence-corrected chi connectivity index (χ0v) is 14.1. The van der Waals surface area contributed by atoms with Crippen molar-refractivity contribution in [2.75, 3.05) is 6.61 Å². The van der Waals surface area contributed by atoms with Crippen LogP contribution in [0.25, 0.3) is 0 Å². The molecule has 1 unspecified atom stereocenters. The summed E-state index contributed by atoms with van der Waals surface area (Å²) in [5, 5.41) is 4.42. The molecule has 2 rings (SSSR count). The molecule has 0 spiro atoms. The lowest BCUT2D eigenvalue weighted by molar-refractivity contribution is -0.100. The van der Waals surface area contributed by atoms with Crippen molar-refractivity contribution in [2.45, 2.75) is 78.0 Å². The van der Waals surface area contributed by atoms with E-state index in [0.29, 0.717) is 5.41 Å². The molecular formula is C17H31N3O. The van der Waals surface area contributed by atoms with Gasteiger partial charge in [-0.15, -0.1) is 0 Å². The second kappa shape index (κ2) is 6.49. The maximum atomic E-state index is 6.61. The van der Waals surface area contributed by atoms with Gasteiger partial charge in [-0.1, -0.05) is 20.8 Å². The van der Waals surface area contributed by atoms with Crippen LogP contribution >= 0.6 is 0 Å². The van der Waals surface area contributed by atoms with Gasteiger partial charge in [0.1, 0.15) is 0 Å². The molecule has 1 aromatic heterocycles. The Morgan fingerprint density at radius 2 is 1.95 bits per heavy atom. The summed E-state index contributed by atoms with van der Waals surface area (Å²) in [7, 11) is 0. The van der Waals surface area contributed by atoms with Gasteiger partial charge in [0.2, 0.25) is 0 Å². The van der Waals surface area contributed by atoms with E-state index in [4.69, 9.17) is 10.5 Å². The van der Waals surface area contributed by atoms with E-state index in [0.717, 1.165) is 38.0 Å². The second-order valence-corrected chi connectivity index (χ2v) is 7.18. The minimum atomic E-state index is -0.218. The summed E-state index contributed by atoms with van der Waals surface area (Å²) in [5.74, 6) is 0. The Morgan fingerprint density at radius 3 is 2.52 bits per heavy atom. The zero-order chi connectivity index (χ0) is 15.5. The van der Waals surface area contributed by atoms with E-state index < -0.39 is 0 Å². The second-order valence-electron chi connectivity index (χ2n) is 7.18. The van der Waals surface area contributed by atoms with Crippen LogP contribution in [0.15, 0.2) is 12.4 Å². The zero-order valence-electron chi connectivity index (χ0n) is 14.1. The van der Waals surface area contributed by atoms with Crippen molar-refractivity contribution < 1.29 is 4.74 Å². The predicted octanol–water partition coefficient (Wildman–Crippen LogP) is 3.67. The SMILES string of the molecule is CCCn1cc(C(N)C2(OCC)CCC(C)(C)CC2)cn1. The van der Waals surface area contributed by atoms with E-state index in [1.807, 2.05) is 10.9 Å². The summed E-state index contributed by atoms with van der Waals surface area (Å²) in [6.07, 6.45) is 9.51. The number of nitrogens with zero attached hydrogens (tertiary/aromatic N) is 2. The van der Waals surface area contributed by atoms with Gasteiger partial charge in [0.15, 0.2) is 0 Å². The van der Waals surface area contributed by atoms with Crippen LogP contribution in [0.2, 0.25) is 0 Å². The molecule has 0 bridgehead atoms. The highest BCUT2D eigenvalue weighted by atomic mass is 16.5. The van der Waals surface area contributed by atoms with E-state index in [1.165, 1.54) is 12.8 Å². The Hall–Kier alpha value is -0.870. The molecule has 4 heteroatoms. The van der Waals surface area contributed by atoms with E-state index in [2.05, 4.69) is 39.0 Å². The smallest absolute Gasteiger partial charge is 0.0875 e. The molecular weight excluding hydrogens is 262 g/mol. The number of rotatable bonds is 6. The lowest BCUT2D eigenvalue weighted by Crippen LogP contribution is -2.47. The Kier molecular flexibility index (Phi) is 5.10. The molecule has 0 aromatic carbocycles. The summed E-state index contributed by atoms with van der Waals surface area (Å²) in [6.45, 7) is 10.6. The molecule has 1 fully saturated rings. The predicted molar refractivity (Wildman–Crippen MR) is 86.1 cm³/mol. The highest BCUT2D eigenvalue weighted by Crippen LogP contribution is 2.46. The van der Waals surface area contributed by atoms with Crippen molar-refractivity contribution in [3.63, 3.8) is 0 Å². The van der Waals surface area contributed by atoms with Gasteiger partial charge >= 0.3 is 0 Å². The standard InChI is InChI=1S/C17H31N3O/c1-5-11-20-13-14(12-19-20)15(18)17(21-6-2)9-7-16(3,4)8-10-17/h12-13,15H,5-11,18H2,1-4H3. The first kappa shape index (κ1) is 16.5. The lowest BCUT2D eigenvalue weighted by Gasteiger charge is -2.46. The number of ether oxygens (including phenoxy) is 1. The van der Waals surface area contributed by atoms with Crippen LogP contribution in [0.5, 0.6) is 0 Å². The molecule has 1 aliphatic carbocycles. The number of aromatic nitrogens is 2. The molecule has 1 aromatic rings. The van der Waals surface area contributed by atoms with Crippen molar-refractivity contribution >= 4 is 0 Å². The average Bonchev–Trinajstić information content (AvgIpc) is 2.90.